The number of hydrogen-bond donors (Lipinski definition) is 3. The molecule has 0 radical (unpaired) electrons. The van der Waals surface area contributed by atoms with Gasteiger partial charge in [-0.2, -0.15) is 0 Å². The molecule has 0 aromatic carbocycles. The maximum atomic E-state index is 10.7. The van der Waals surface area contributed by atoms with Crippen LogP contribution in [0.2, 0.25) is 0 Å². The summed E-state index contributed by atoms with van der Waals surface area (Å²) in [6, 6.07) is 7.57. The Kier molecular flexibility index (Phi) is 6.33. The third-order valence-electron chi connectivity index (χ3n) is 4.52. The van der Waals surface area contributed by atoms with Gasteiger partial charge in [-0.1, -0.05) is 6.07 Å². The minimum absolute atomic E-state index is 0.267. The van der Waals surface area contributed by atoms with E-state index in [0.29, 0.717) is 24.8 Å². The van der Waals surface area contributed by atoms with Crippen LogP contribution in [0.25, 0.3) is 5.82 Å². The lowest BCUT2D eigenvalue weighted by Crippen LogP contribution is -2.44. The van der Waals surface area contributed by atoms with Crippen LogP contribution in [0.5, 0.6) is 0 Å². The number of aryl methyl sites for hydroxylation is 2. The molecule has 3 aromatic heterocycles. The number of aliphatic imine (C=N–C) groups is 1. The van der Waals surface area contributed by atoms with Crippen molar-refractivity contribution in [1.29, 1.82) is 0 Å². The number of rotatable bonds is 7. The van der Waals surface area contributed by atoms with Gasteiger partial charge in [0, 0.05) is 25.1 Å². The van der Waals surface area contributed by atoms with E-state index in [4.69, 9.17) is 4.42 Å². The van der Waals surface area contributed by atoms with Crippen LogP contribution in [0.4, 0.5) is 0 Å². The van der Waals surface area contributed by atoms with Gasteiger partial charge in [-0.05, 0) is 51.5 Å². The van der Waals surface area contributed by atoms with Gasteiger partial charge in [-0.3, -0.25) is 4.57 Å². The van der Waals surface area contributed by atoms with Crippen LogP contribution in [0.3, 0.4) is 0 Å². The first-order valence-corrected chi connectivity index (χ1v) is 9.66. The normalized spacial score (nSPS) is 13.9. The summed E-state index contributed by atoms with van der Waals surface area (Å²) < 4.78 is 7.48. The molecule has 1 unspecified atom stereocenters. The quantitative estimate of drug-likeness (QED) is 0.419. The summed E-state index contributed by atoms with van der Waals surface area (Å²) in [6.07, 6.45) is 5.45. The molecule has 3 rings (SSSR count). The molecule has 8 nitrogen and oxygen atoms in total. The fraction of sp³-hybridized carbons (Fsp3) is 0.381. The molecule has 0 saturated carbocycles. The van der Waals surface area contributed by atoms with Gasteiger partial charge in [0.05, 0.1) is 13.1 Å². The molecule has 1 atom stereocenters. The molecule has 0 bridgehead atoms. The number of aromatic nitrogens is 3. The smallest absolute Gasteiger partial charge is 0.191 e. The van der Waals surface area contributed by atoms with Gasteiger partial charge in [-0.25, -0.2) is 15.0 Å². The molecule has 3 N–H and O–H groups in total. The SMILES string of the molecule is CCNC(=NCc1ccc(-n2ccnc2C)nc1)NCC(C)(O)c1ccc(C)o1. The van der Waals surface area contributed by atoms with Crippen molar-refractivity contribution >= 4 is 5.96 Å². The monoisotopic (exact) mass is 396 g/mol. The summed E-state index contributed by atoms with van der Waals surface area (Å²) in [7, 11) is 0. The molecule has 3 aromatic rings. The van der Waals surface area contributed by atoms with Gasteiger partial charge >= 0.3 is 0 Å². The van der Waals surface area contributed by atoms with Crippen LogP contribution in [0, 0.1) is 13.8 Å². The second-order valence-corrected chi connectivity index (χ2v) is 7.10. The minimum atomic E-state index is -1.14. The van der Waals surface area contributed by atoms with Crippen LogP contribution >= 0.6 is 0 Å². The van der Waals surface area contributed by atoms with Crippen LogP contribution in [-0.4, -0.2) is 38.7 Å². The Bertz CT molecular complexity index is 956. The van der Waals surface area contributed by atoms with Crippen LogP contribution in [0.15, 0.2) is 52.3 Å². The zero-order valence-corrected chi connectivity index (χ0v) is 17.3. The van der Waals surface area contributed by atoms with Crippen molar-refractivity contribution in [1.82, 2.24) is 25.2 Å². The number of furan rings is 1. The number of imidazole rings is 1. The van der Waals surface area contributed by atoms with Crippen molar-refractivity contribution in [3.63, 3.8) is 0 Å². The molecular formula is C21H28N6O2. The van der Waals surface area contributed by atoms with Gasteiger partial charge in [0.25, 0.3) is 0 Å². The number of hydrogen-bond acceptors (Lipinski definition) is 5. The average molecular weight is 396 g/mol. The first kappa shape index (κ1) is 20.6. The van der Waals surface area contributed by atoms with Gasteiger partial charge < -0.3 is 20.2 Å². The average Bonchev–Trinajstić information content (AvgIpc) is 3.33. The Morgan fingerprint density at radius 3 is 2.62 bits per heavy atom. The standard InChI is InChI=1S/C21H28N6O2/c1-5-22-20(26-14-21(4,28)18-8-6-15(2)29-18)25-13-17-7-9-19(24-12-17)27-11-10-23-16(27)3/h6-12,28H,5,13-14H2,1-4H3,(H2,22,25,26). The van der Waals surface area contributed by atoms with E-state index < -0.39 is 5.60 Å². The van der Waals surface area contributed by atoms with Gasteiger partial charge in [0.15, 0.2) is 5.96 Å². The Balaban J connectivity index is 1.63. The highest BCUT2D eigenvalue weighted by Gasteiger charge is 2.27. The molecule has 154 valence electrons. The molecular weight excluding hydrogens is 368 g/mol. The van der Waals surface area contributed by atoms with Crippen molar-refractivity contribution in [3.05, 3.63) is 65.8 Å². The van der Waals surface area contributed by atoms with E-state index in [9.17, 15) is 5.11 Å². The fourth-order valence-corrected chi connectivity index (χ4v) is 2.85. The molecule has 0 amide bonds. The summed E-state index contributed by atoms with van der Waals surface area (Å²) in [5, 5.41) is 17.1. The first-order chi connectivity index (χ1) is 13.9. The lowest BCUT2D eigenvalue weighted by molar-refractivity contribution is 0.0378. The number of nitrogens with one attached hydrogen (secondary N) is 2. The second-order valence-electron chi connectivity index (χ2n) is 7.10. The molecule has 0 aliphatic heterocycles. The Morgan fingerprint density at radius 1 is 1.21 bits per heavy atom. The summed E-state index contributed by atoms with van der Waals surface area (Å²) in [6.45, 7) is 8.94. The van der Waals surface area contributed by atoms with Crippen molar-refractivity contribution in [2.75, 3.05) is 13.1 Å². The predicted octanol–water partition coefficient (Wildman–Crippen LogP) is 2.44. The summed E-state index contributed by atoms with van der Waals surface area (Å²) in [4.78, 5) is 13.3. The highest BCUT2D eigenvalue weighted by molar-refractivity contribution is 5.79. The van der Waals surface area contributed by atoms with Crippen LogP contribution in [0.1, 0.15) is 36.8 Å². The molecule has 0 aliphatic rings. The summed E-state index contributed by atoms with van der Waals surface area (Å²) in [5.41, 5.74) is -0.159. The van der Waals surface area contributed by atoms with E-state index in [1.165, 1.54) is 0 Å². The van der Waals surface area contributed by atoms with E-state index in [2.05, 4.69) is 25.6 Å². The number of guanidine groups is 1. The van der Waals surface area contributed by atoms with Gasteiger partial charge in [0.1, 0.15) is 28.8 Å². The second kappa shape index (κ2) is 8.91. The van der Waals surface area contributed by atoms with Crippen LogP contribution in [-0.2, 0) is 12.1 Å². The highest BCUT2D eigenvalue weighted by Crippen LogP contribution is 2.21. The Hall–Kier alpha value is -3.13. The van der Waals surface area contributed by atoms with Crippen molar-refractivity contribution in [2.45, 2.75) is 39.8 Å². The number of pyridine rings is 1. The van der Waals surface area contributed by atoms with E-state index in [0.717, 1.165) is 23.0 Å². The number of aliphatic hydroxyl groups is 1. The first-order valence-electron chi connectivity index (χ1n) is 9.66. The molecule has 8 heteroatoms. The largest absolute Gasteiger partial charge is 0.463 e. The summed E-state index contributed by atoms with van der Waals surface area (Å²) >= 11 is 0. The zero-order chi connectivity index (χ0) is 20.9. The predicted molar refractivity (Wildman–Crippen MR) is 112 cm³/mol. The van der Waals surface area contributed by atoms with E-state index in [-0.39, 0.29) is 6.54 Å². The maximum Gasteiger partial charge on any atom is 0.191 e. The maximum absolute atomic E-state index is 10.7. The van der Waals surface area contributed by atoms with Crippen LogP contribution < -0.4 is 10.6 Å². The molecule has 29 heavy (non-hydrogen) atoms. The highest BCUT2D eigenvalue weighted by atomic mass is 16.4. The van der Waals surface area contributed by atoms with Gasteiger partial charge in [-0.15, -0.1) is 0 Å². The van der Waals surface area contributed by atoms with Crippen molar-refractivity contribution < 1.29 is 9.52 Å². The zero-order valence-electron chi connectivity index (χ0n) is 17.3. The molecule has 3 heterocycles. The lowest BCUT2D eigenvalue weighted by Gasteiger charge is -2.22. The molecule has 0 saturated heterocycles. The Morgan fingerprint density at radius 2 is 2.03 bits per heavy atom. The third-order valence-corrected chi connectivity index (χ3v) is 4.52. The topological polar surface area (TPSA) is 100 Å². The summed E-state index contributed by atoms with van der Waals surface area (Å²) in [5.74, 6) is 3.62. The molecule has 0 aliphatic carbocycles. The van der Waals surface area contributed by atoms with E-state index in [1.54, 1.807) is 19.2 Å². The van der Waals surface area contributed by atoms with Crippen molar-refractivity contribution in [2.24, 2.45) is 4.99 Å². The minimum Gasteiger partial charge on any atom is -0.463 e. The van der Waals surface area contributed by atoms with E-state index >= 15 is 0 Å². The number of nitrogens with zero attached hydrogens (tertiary/aromatic N) is 4. The lowest BCUT2D eigenvalue weighted by atomic mass is 10.0. The third kappa shape index (κ3) is 5.23. The molecule has 0 spiro atoms. The fourth-order valence-electron chi connectivity index (χ4n) is 2.85. The van der Waals surface area contributed by atoms with E-state index in [1.807, 2.05) is 55.9 Å². The molecule has 0 fully saturated rings. The van der Waals surface area contributed by atoms with Crippen molar-refractivity contribution in [3.8, 4) is 5.82 Å². The Labute approximate surface area is 170 Å². The van der Waals surface area contributed by atoms with Gasteiger partial charge in [0.2, 0.25) is 0 Å².